The second-order valence-electron chi connectivity index (χ2n) is 4.60. The molecule has 0 aliphatic heterocycles. The van der Waals surface area contributed by atoms with Gasteiger partial charge in [0.1, 0.15) is 5.82 Å². The van der Waals surface area contributed by atoms with Gasteiger partial charge in [0.05, 0.1) is 0 Å². The monoisotopic (exact) mass is 266 g/mol. The molecule has 0 heterocycles. The Morgan fingerprint density at radius 3 is 2.53 bits per heavy atom. The normalized spacial score (nSPS) is 10.3. The Labute approximate surface area is 114 Å². The summed E-state index contributed by atoms with van der Waals surface area (Å²) in [4.78, 5) is 13.7. The standard InChI is InChI=1S/C15H23FN2O/c1-3-10-18(11-4-2)15(19)17-9-8-13-6-5-7-14(16)12-13/h5-7,12H,3-4,8-11H2,1-2H3,(H,17,19). The van der Waals surface area contributed by atoms with Crippen LogP contribution in [0.15, 0.2) is 24.3 Å². The number of nitrogens with one attached hydrogen (secondary N) is 1. The number of hydrogen-bond acceptors (Lipinski definition) is 1. The fraction of sp³-hybridized carbons (Fsp3) is 0.533. The Bertz CT molecular complexity index is 389. The van der Waals surface area contributed by atoms with Gasteiger partial charge in [-0.1, -0.05) is 26.0 Å². The van der Waals surface area contributed by atoms with E-state index in [1.807, 2.05) is 11.0 Å². The van der Waals surface area contributed by atoms with E-state index in [0.29, 0.717) is 13.0 Å². The number of carbonyl (C=O) groups is 1. The van der Waals surface area contributed by atoms with Crippen LogP contribution in [0.4, 0.5) is 9.18 Å². The summed E-state index contributed by atoms with van der Waals surface area (Å²) in [7, 11) is 0. The minimum atomic E-state index is -0.234. The van der Waals surface area contributed by atoms with Gasteiger partial charge in [0, 0.05) is 19.6 Å². The smallest absolute Gasteiger partial charge is 0.317 e. The average Bonchev–Trinajstić information content (AvgIpc) is 2.38. The van der Waals surface area contributed by atoms with Gasteiger partial charge < -0.3 is 10.2 Å². The molecule has 0 atom stereocenters. The second kappa shape index (κ2) is 8.51. The zero-order valence-corrected chi connectivity index (χ0v) is 11.8. The molecule has 0 aliphatic carbocycles. The van der Waals surface area contributed by atoms with Crippen LogP contribution in [0.25, 0.3) is 0 Å². The maximum atomic E-state index is 13.0. The summed E-state index contributed by atoms with van der Waals surface area (Å²) in [6.07, 6.45) is 2.56. The third-order valence-corrected chi connectivity index (χ3v) is 2.85. The van der Waals surface area contributed by atoms with Crippen LogP contribution in [-0.4, -0.2) is 30.6 Å². The highest BCUT2D eigenvalue weighted by molar-refractivity contribution is 5.74. The van der Waals surface area contributed by atoms with E-state index >= 15 is 0 Å². The van der Waals surface area contributed by atoms with Crippen molar-refractivity contribution in [3.63, 3.8) is 0 Å². The molecule has 1 N–H and O–H groups in total. The fourth-order valence-corrected chi connectivity index (χ4v) is 1.97. The zero-order valence-electron chi connectivity index (χ0n) is 11.8. The molecule has 0 radical (unpaired) electrons. The van der Waals surface area contributed by atoms with Gasteiger partial charge in [-0.2, -0.15) is 0 Å². The third kappa shape index (κ3) is 5.73. The lowest BCUT2D eigenvalue weighted by atomic mass is 10.1. The lowest BCUT2D eigenvalue weighted by Gasteiger charge is -2.21. The quantitative estimate of drug-likeness (QED) is 0.807. The molecule has 0 bridgehead atoms. The summed E-state index contributed by atoms with van der Waals surface area (Å²) in [6, 6.07) is 6.45. The van der Waals surface area contributed by atoms with Gasteiger partial charge in [0.25, 0.3) is 0 Å². The Hall–Kier alpha value is -1.58. The molecule has 0 aromatic heterocycles. The molecular formula is C15H23FN2O. The van der Waals surface area contributed by atoms with Crippen molar-refractivity contribution in [1.29, 1.82) is 0 Å². The van der Waals surface area contributed by atoms with Crippen LogP contribution in [0.3, 0.4) is 0 Å². The van der Waals surface area contributed by atoms with Crippen molar-refractivity contribution in [2.45, 2.75) is 33.1 Å². The number of amides is 2. The Balaban J connectivity index is 2.36. The molecule has 3 nitrogen and oxygen atoms in total. The van der Waals surface area contributed by atoms with Crippen LogP contribution in [0.2, 0.25) is 0 Å². The number of benzene rings is 1. The summed E-state index contributed by atoms with van der Waals surface area (Å²) >= 11 is 0. The largest absolute Gasteiger partial charge is 0.338 e. The maximum Gasteiger partial charge on any atom is 0.317 e. The summed E-state index contributed by atoms with van der Waals surface area (Å²) in [5, 5.41) is 2.88. The van der Waals surface area contributed by atoms with Gasteiger partial charge in [-0.25, -0.2) is 9.18 Å². The predicted molar refractivity (Wildman–Crippen MR) is 75.7 cm³/mol. The van der Waals surface area contributed by atoms with E-state index in [1.165, 1.54) is 12.1 Å². The molecule has 2 amide bonds. The van der Waals surface area contributed by atoms with Crippen molar-refractivity contribution >= 4 is 6.03 Å². The Morgan fingerprint density at radius 1 is 1.26 bits per heavy atom. The van der Waals surface area contributed by atoms with E-state index in [1.54, 1.807) is 6.07 Å². The van der Waals surface area contributed by atoms with Crippen molar-refractivity contribution in [3.05, 3.63) is 35.6 Å². The predicted octanol–water partition coefficient (Wildman–Crippen LogP) is 3.20. The Kier molecular flexibility index (Phi) is 6.93. The molecule has 0 fully saturated rings. The van der Waals surface area contributed by atoms with Crippen LogP contribution in [0.1, 0.15) is 32.3 Å². The van der Waals surface area contributed by atoms with Gasteiger partial charge in [0.15, 0.2) is 0 Å². The third-order valence-electron chi connectivity index (χ3n) is 2.85. The first-order valence-electron chi connectivity index (χ1n) is 6.94. The number of rotatable bonds is 7. The molecule has 4 heteroatoms. The van der Waals surface area contributed by atoms with E-state index in [-0.39, 0.29) is 11.8 Å². The highest BCUT2D eigenvalue weighted by Crippen LogP contribution is 2.03. The molecule has 0 spiro atoms. The van der Waals surface area contributed by atoms with Crippen LogP contribution >= 0.6 is 0 Å². The first-order valence-corrected chi connectivity index (χ1v) is 6.94. The fourth-order valence-electron chi connectivity index (χ4n) is 1.97. The molecule has 0 unspecified atom stereocenters. The van der Waals surface area contributed by atoms with Crippen LogP contribution in [0, 0.1) is 5.82 Å². The summed E-state index contributed by atoms with van der Waals surface area (Å²) in [6.45, 7) is 6.21. The van der Waals surface area contributed by atoms with Crippen molar-refractivity contribution in [3.8, 4) is 0 Å². The van der Waals surface area contributed by atoms with E-state index in [0.717, 1.165) is 31.5 Å². The average molecular weight is 266 g/mol. The zero-order chi connectivity index (χ0) is 14.1. The molecule has 0 saturated heterocycles. The molecule has 1 aromatic carbocycles. The van der Waals surface area contributed by atoms with Gasteiger partial charge in [-0.15, -0.1) is 0 Å². The number of hydrogen-bond donors (Lipinski definition) is 1. The molecule has 0 saturated carbocycles. The first-order chi connectivity index (χ1) is 9.17. The van der Waals surface area contributed by atoms with Gasteiger partial charge in [-0.05, 0) is 37.0 Å². The maximum absolute atomic E-state index is 13.0. The lowest BCUT2D eigenvalue weighted by molar-refractivity contribution is 0.198. The molecule has 106 valence electrons. The van der Waals surface area contributed by atoms with E-state index in [2.05, 4.69) is 19.2 Å². The van der Waals surface area contributed by atoms with Crippen LogP contribution in [0.5, 0.6) is 0 Å². The van der Waals surface area contributed by atoms with Crippen molar-refractivity contribution in [2.24, 2.45) is 0 Å². The van der Waals surface area contributed by atoms with E-state index in [9.17, 15) is 9.18 Å². The van der Waals surface area contributed by atoms with Crippen LogP contribution in [-0.2, 0) is 6.42 Å². The molecule has 1 aromatic rings. The summed E-state index contributed by atoms with van der Waals surface area (Å²) in [5.41, 5.74) is 0.901. The number of nitrogens with zero attached hydrogens (tertiary/aromatic N) is 1. The summed E-state index contributed by atoms with van der Waals surface area (Å²) in [5.74, 6) is -0.234. The molecule has 1 rings (SSSR count). The molecular weight excluding hydrogens is 243 g/mol. The molecule has 19 heavy (non-hydrogen) atoms. The highest BCUT2D eigenvalue weighted by Gasteiger charge is 2.10. The van der Waals surface area contributed by atoms with Crippen molar-refractivity contribution in [2.75, 3.05) is 19.6 Å². The van der Waals surface area contributed by atoms with Crippen molar-refractivity contribution < 1.29 is 9.18 Å². The number of carbonyl (C=O) groups excluding carboxylic acids is 1. The highest BCUT2D eigenvalue weighted by atomic mass is 19.1. The molecule has 0 aliphatic rings. The van der Waals surface area contributed by atoms with E-state index < -0.39 is 0 Å². The second-order valence-corrected chi connectivity index (χ2v) is 4.60. The minimum absolute atomic E-state index is 0.0277. The number of urea groups is 1. The number of halogens is 1. The van der Waals surface area contributed by atoms with Crippen molar-refractivity contribution in [1.82, 2.24) is 10.2 Å². The topological polar surface area (TPSA) is 32.3 Å². The lowest BCUT2D eigenvalue weighted by Crippen LogP contribution is -2.41. The SMILES string of the molecule is CCCN(CCC)C(=O)NCCc1cccc(F)c1. The van der Waals surface area contributed by atoms with E-state index in [4.69, 9.17) is 0 Å². The van der Waals surface area contributed by atoms with Gasteiger partial charge >= 0.3 is 6.03 Å². The van der Waals surface area contributed by atoms with Crippen LogP contribution < -0.4 is 5.32 Å². The first kappa shape index (κ1) is 15.5. The minimum Gasteiger partial charge on any atom is -0.338 e. The Morgan fingerprint density at radius 2 is 1.95 bits per heavy atom. The summed E-state index contributed by atoms with van der Waals surface area (Å²) < 4.78 is 13.0. The van der Waals surface area contributed by atoms with Gasteiger partial charge in [0.2, 0.25) is 0 Å². The van der Waals surface area contributed by atoms with Gasteiger partial charge in [-0.3, -0.25) is 0 Å².